The second-order valence-corrected chi connectivity index (χ2v) is 6.41. The molecule has 8 nitrogen and oxygen atoms in total. The lowest BCUT2D eigenvalue weighted by atomic mass is 9.95. The van der Waals surface area contributed by atoms with Crippen molar-refractivity contribution in [3.63, 3.8) is 0 Å². The molecular weight excluding hydrogens is 334 g/mol. The van der Waals surface area contributed by atoms with Crippen molar-refractivity contribution in [2.45, 2.75) is 45.1 Å². The minimum absolute atomic E-state index is 0.0384. The number of carbonyl (C=O) groups excluding carboxylic acids is 1. The predicted octanol–water partition coefficient (Wildman–Crippen LogP) is 4.08. The van der Waals surface area contributed by atoms with E-state index in [0.717, 1.165) is 25.7 Å². The summed E-state index contributed by atoms with van der Waals surface area (Å²) in [5.41, 5.74) is 1.02. The maximum absolute atomic E-state index is 11.6. The highest BCUT2D eigenvalue weighted by Gasteiger charge is 2.25. The summed E-state index contributed by atoms with van der Waals surface area (Å²) in [4.78, 5) is 30.6. The van der Waals surface area contributed by atoms with Crippen LogP contribution in [0.2, 0.25) is 0 Å². The molecule has 1 aromatic heterocycles. The van der Waals surface area contributed by atoms with Gasteiger partial charge in [-0.3, -0.25) is 14.9 Å². The van der Waals surface area contributed by atoms with Crippen LogP contribution in [-0.4, -0.2) is 26.7 Å². The summed E-state index contributed by atoms with van der Waals surface area (Å²) < 4.78 is 0. The summed E-state index contributed by atoms with van der Waals surface area (Å²) in [6.07, 6.45) is 6.71. The van der Waals surface area contributed by atoms with E-state index in [1.807, 2.05) is 0 Å². The molecule has 3 rings (SSSR count). The van der Waals surface area contributed by atoms with E-state index < -0.39 is 4.92 Å². The summed E-state index contributed by atoms with van der Waals surface area (Å²) in [6.45, 7) is 1.49. The SMILES string of the molecule is CC(=O)c1ccc(Nc2ncnc(NC3CCCCC3)c2[N+](=O)[O-])cc1. The average molecular weight is 355 g/mol. The van der Waals surface area contributed by atoms with E-state index in [2.05, 4.69) is 20.6 Å². The topological polar surface area (TPSA) is 110 Å². The van der Waals surface area contributed by atoms with Crippen LogP contribution in [0.1, 0.15) is 49.4 Å². The zero-order valence-corrected chi connectivity index (χ0v) is 14.6. The zero-order valence-electron chi connectivity index (χ0n) is 14.6. The molecule has 136 valence electrons. The quantitative estimate of drug-likeness (QED) is 0.456. The largest absolute Gasteiger partial charge is 0.361 e. The number of nitrogens with one attached hydrogen (secondary N) is 2. The maximum Gasteiger partial charge on any atom is 0.353 e. The highest BCUT2D eigenvalue weighted by Crippen LogP contribution is 2.33. The number of anilines is 3. The monoisotopic (exact) mass is 355 g/mol. The van der Waals surface area contributed by atoms with Gasteiger partial charge < -0.3 is 10.6 Å². The normalized spacial score (nSPS) is 14.7. The molecule has 1 heterocycles. The fraction of sp³-hybridized carbons (Fsp3) is 0.389. The third-order valence-electron chi connectivity index (χ3n) is 4.51. The number of hydrogen-bond donors (Lipinski definition) is 2. The number of hydrogen-bond acceptors (Lipinski definition) is 7. The first kappa shape index (κ1) is 17.8. The Kier molecular flexibility index (Phi) is 5.40. The van der Waals surface area contributed by atoms with Gasteiger partial charge in [0.1, 0.15) is 6.33 Å². The third kappa shape index (κ3) is 4.14. The first-order valence-electron chi connectivity index (χ1n) is 8.68. The molecule has 2 aromatic rings. The van der Waals surface area contributed by atoms with E-state index in [4.69, 9.17) is 0 Å². The van der Waals surface area contributed by atoms with Gasteiger partial charge in [0.2, 0.25) is 11.6 Å². The summed E-state index contributed by atoms with van der Waals surface area (Å²) in [5, 5.41) is 17.8. The first-order chi connectivity index (χ1) is 12.5. The van der Waals surface area contributed by atoms with Crippen LogP contribution in [0.25, 0.3) is 0 Å². The predicted molar refractivity (Wildman–Crippen MR) is 98.9 cm³/mol. The Labute approximate surface area is 151 Å². The number of benzene rings is 1. The van der Waals surface area contributed by atoms with Crippen LogP contribution >= 0.6 is 0 Å². The van der Waals surface area contributed by atoms with Crippen molar-refractivity contribution < 1.29 is 9.72 Å². The second-order valence-electron chi connectivity index (χ2n) is 6.41. The van der Waals surface area contributed by atoms with Gasteiger partial charge in [0.05, 0.1) is 4.92 Å². The Morgan fingerprint density at radius 2 is 1.77 bits per heavy atom. The van der Waals surface area contributed by atoms with Gasteiger partial charge >= 0.3 is 5.69 Å². The fourth-order valence-electron chi connectivity index (χ4n) is 3.11. The molecule has 1 aliphatic rings. The lowest BCUT2D eigenvalue weighted by molar-refractivity contribution is -0.383. The summed E-state index contributed by atoms with van der Waals surface area (Å²) in [5.74, 6) is 0.321. The molecule has 0 unspecified atom stereocenters. The van der Waals surface area contributed by atoms with Crippen LogP contribution in [0.15, 0.2) is 30.6 Å². The molecule has 1 aliphatic carbocycles. The van der Waals surface area contributed by atoms with Gasteiger partial charge in [-0.05, 0) is 44.0 Å². The van der Waals surface area contributed by atoms with Gasteiger partial charge in [-0.1, -0.05) is 19.3 Å². The van der Waals surface area contributed by atoms with E-state index >= 15 is 0 Å². The molecule has 0 amide bonds. The number of carbonyl (C=O) groups is 1. The Bertz CT molecular complexity index is 801. The summed E-state index contributed by atoms with van der Waals surface area (Å²) >= 11 is 0. The highest BCUT2D eigenvalue weighted by atomic mass is 16.6. The zero-order chi connectivity index (χ0) is 18.5. The average Bonchev–Trinajstić information content (AvgIpc) is 2.63. The van der Waals surface area contributed by atoms with E-state index in [1.165, 1.54) is 19.7 Å². The molecule has 0 atom stereocenters. The molecule has 0 saturated heterocycles. The summed E-state index contributed by atoms with van der Waals surface area (Å²) in [6, 6.07) is 6.91. The van der Waals surface area contributed by atoms with Crippen LogP contribution in [0.5, 0.6) is 0 Å². The van der Waals surface area contributed by atoms with Crippen molar-refractivity contribution in [3.8, 4) is 0 Å². The molecule has 1 aromatic carbocycles. The number of rotatable bonds is 6. The van der Waals surface area contributed by atoms with Crippen molar-refractivity contribution in [1.29, 1.82) is 0 Å². The smallest absolute Gasteiger partial charge is 0.353 e. The molecule has 8 heteroatoms. The van der Waals surface area contributed by atoms with Gasteiger partial charge in [-0.15, -0.1) is 0 Å². The minimum atomic E-state index is -0.475. The van der Waals surface area contributed by atoms with Crippen molar-refractivity contribution in [1.82, 2.24) is 9.97 Å². The maximum atomic E-state index is 11.6. The Morgan fingerprint density at radius 1 is 1.12 bits per heavy atom. The molecule has 2 N–H and O–H groups in total. The molecule has 0 bridgehead atoms. The van der Waals surface area contributed by atoms with E-state index in [-0.39, 0.29) is 29.1 Å². The van der Waals surface area contributed by atoms with Crippen molar-refractivity contribution >= 4 is 28.8 Å². The van der Waals surface area contributed by atoms with Gasteiger partial charge in [-0.2, -0.15) is 0 Å². The van der Waals surface area contributed by atoms with Crippen molar-refractivity contribution in [2.24, 2.45) is 0 Å². The van der Waals surface area contributed by atoms with Crippen LogP contribution in [0, 0.1) is 10.1 Å². The molecule has 0 aliphatic heterocycles. The van der Waals surface area contributed by atoms with Gasteiger partial charge in [-0.25, -0.2) is 9.97 Å². The van der Waals surface area contributed by atoms with E-state index in [0.29, 0.717) is 11.3 Å². The number of nitrogens with zero attached hydrogens (tertiary/aromatic N) is 3. The van der Waals surface area contributed by atoms with Crippen molar-refractivity contribution in [2.75, 3.05) is 10.6 Å². The van der Waals surface area contributed by atoms with Crippen LogP contribution in [0.4, 0.5) is 23.0 Å². The van der Waals surface area contributed by atoms with E-state index in [9.17, 15) is 14.9 Å². The molecule has 26 heavy (non-hydrogen) atoms. The van der Waals surface area contributed by atoms with Crippen LogP contribution in [-0.2, 0) is 0 Å². The highest BCUT2D eigenvalue weighted by molar-refractivity contribution is 5.94. The Balaban J connectivity index is 1.85. The van der Waals surface area contributed by atoms with Crippen LogP contribution < -0.4 is 10.6 Å². The van der Waals surface area contributed by atoms with Crippen LogP contribution in [0.3, 0.4) is 0 Å². The Hall–Kier alpha value is -3.03. The number of aromatic nitrogens is 2. The van der Waals surface area contributed by atoms with E-state index in [1.54, 1.807) is 24.3 Å². The number of nitro groups is 1. The Morgan fingerprint density at radius 3 is 2.38 bits per heavy atom. The molecule has 0 radical (unpaired) electrons. The number of Topliss-reactive ketones (excluding diaryl/α,β-unsaturated/α-hetero) is 1. The lowest BCUT2D eigenvalue weighted by Crippen LogP contribution is -2.23. The van der Waals surface area contributed by atoms with Gasteiger partial charge in [0.15, 0.2) is 5.78 Å². The second kappa shape index (κ2) is 7.90. The van der Waals surface area contributed by atoms with Gasteiger partial charge in [0, 0.05) is 17.3 Å². The molecule has 0 spiro atoms. The molecular formula is C18H21N5O3. The number of ketones is 1. The van der Waals surface area contributed by atoms with Gasteiger partial charge in [0.25, 0.3) is 0 Å². The minimum Gasteiger partial charge on any atom is -0.361 e. The molecule has 1 saturated carbocycles. The fourth-order valence-corrected chi connectivity index (χ4v) is 3.11. The molecule has 1 fully saturated rings. The summed E-state index contributed by atoms with van der Waals surface area (Å²) in [7, 11) is 0. The van der Waals surface area contributed by atoms with Crippen molar-refractivity contribution in [3.05, 3.63) is 46.3 Å². The standard InChI is InChI=1S/C18H21N5O3/c1-12(24)13-7-9-15(10-8-13)22-18-16(23(25)26)17(19-11-20-18)21-14-5-3-2-4-6-14/h7-11,14H,2-6H2,1H3,(H2,19,20,21,22). The first-order valence-corrected chi connectivity index (χ1v) is 8.68. The third-order valence-corrected chi connectivity index (χ3v) is 4.51. The lowest BCUT2D eigenvalue weighted by Gasteiger charge is -2.23.